The maximum absolute atomic E-state index is 12.5. The van der Waals surface area contributed by atoms with E-state index in [2.05, 4.69) is 0 Å². The van der Waals surface area contributed by atoms with Gasteiger partial charge in [-0.25, -0.2) is 0 Å². The van der Waals surface area contributed by atoms with Crippen LogP contribution in [0.1, 0.15) is 52.4 Å². The third kappa shape index (κ3) is 4.82. The monoisotopic (exact) mass is 310 g/mol. The number of benzene rings is 1. The molecule has 21 heavy (non-hydrogen) atoms. The lowest BCUT2D eigenvalue weighted by molar-refractivity contribution is 0.0764. The quantitative estimate of drug-likeness (QED) is 0.872. The molecule has 0 saturated heterocycles. The Morgan fingerprint density at radius 2 is 1.81 bits per heavy atom. The Bertz CT molecular complexity index is 461. The minimum Gasteiger partial charge on any atom is -0.488 e. The van der Waals surface area contributed by atoms with Crippen molar-refractivity contribution in [1.82, 2.24) is 0 Å². The molecule has 2 rings (SSSR count). The van der Waals surface area contributed by atoms with Crippen molar-refractivity contribution in [3.63, 3.8) is 0 Å². The molecule has 1 fully saturated rings. The summed E-state index contributed by atoms with van der Waals surface area (Å²) in [4.78, 5) is 0.897. The second kappa shape index (κ2) is 7.41. The summed E-state index contributed by atoms with van der Waals surface area (Å²) >= 11 is 0. The fourth-order valence-corrected chi connectivity index (χ4v) is 4.30. The summed E-state index contributed by atoms with van der Waals surface area (Å²) in [5, 5.41) is 9.34. The molecular weight excluding hydrogens is 284 g/mol. The van der Waals surface area contributed by atoms with Crippen LogP contribution in [0.2, 0.25) is 0 Å². The first-order valence-electron chi connectivity index (χ1n) is 7.82. The molecule has 1 N–H and O–H groups in total. The maximum atomic E-state index is 12.5. The fourth-order valence-electron chi connectivity index (χ4n) is 2.75. The molecule has 0 heterocycles. The molecule has 0 amide bonds. The number of ether oxygens (including phenoxy) is 1. The molecule has 1 aromatic carbocycles. The Balaban J connectivity index is 1.99. The molecule has 1 unspecified atom stereocenters. The van der Waals surface area contributed by atoms with E-state index in [-0.39, 0.29) is 6.61 Å². The summed E-state index contributed by atoms with van der Waals surface area (Å²) in [5.74, 6) is 0.762. The Morgan fingerprint density at radius 3 is 2.38 bits per heavy atom. The molecule has 0 bridgehead atoms. The van der Waals surface area contributed by atoms with E-state index in [1.54, 1.807) is 0 Å². The van der Waals surface area contributed by atoms with E-state index in [1.165, 1.54) is 19.3 Å². The molecule has 118 valence electrons. The van der Waals surface area contributed by atoms with Gasteiger partial charge in [0.1, 0.15) is 11.4 Å². The third-order valence-corrected chi connectivity index (χ3v) is 5.83. The molecule has 1 aromatic rings. The molecule has 3 nitrogen and oxygen atoms in total. The van der Waals surface area contributed by atoms with E-state index in [1.807, 2.05) is 38.1 Å². The van der Waals surface area contributed by atoms with Gasteiger partial charge in [-0.3, -0.25) is 4.21 Å². The second-order valence-electron chi connectivity index (χ2n) is 6.36. The summed E-state index contributed by atoms with van der Waals surface area (Å²) in [5.41, 5.74) is -0.390. The van der Waals surface area contributed by atoms with E-state index < -0.39 is 16.4 Å². The highest BCUT2D eigenvalue weighted by molar-refractivity contribution is 7.85. The van der Waals surface area contributed by atoms with Crippen molar-refractivity contribution in [1.29, 1.82) is 0 Å². The number of aliphatic hydroxyl groups is 1. The largest absolute Gasteiger partial charge is 0.488 e. The normalized spacial score (nSPS) is 18.4. The first-order valence-corrected chi connectivity index (χ1v) is 9.04. The number of hydrogen-bond donors (Lipinski definition) is 1. The minimum absolute atomic E-state index is 0.108. The van der Waals surface area contributed by atoms with Crippen LogP contribution in [0.25, 0.3) is 0 Å². The van der Waals surface area contributed by atoms with Crippen LogP contribution in [0.4, 0.5) is 0 Å². The molecular formula is C17H26O3S. The summed E-state index contributed by atoms with van der Waals surface area (Å²) in [7, 11) is -0.900. The first-order chi connectivity index (χ1) is 10.0. The van der Waals surface area contributed by atoms with Crippen LogP contribution >= 0.6 is 0 Å². The number of hydrogen-bond acceptors (Lipinski definition) is 3. The van der Waals surface area contributed by atoms with Crippen molar-refractivity contribution in [3.05, 3.63) is 24.3 Å². The molecule has 0 spiro atoms. The SMILES string of the molecule is CC(C)(CCO)Oc1ccc(S(=O)C2CCCCC2)cc1. The topological polar surface area (TPSA) is 46.5 Å². The van der Waals surface area contributed by atoms with Crippen LogP contribution in [-0.2, 0) is 10.8 Å². The van der Waals surface area contributed by atoms with Gasteiger partial charge in [-0.15, -0.1) is 0 Å². The lowest BCUT2D eigenvalue weighted by atomic mass is 10.0. The van der Waals surface area contributed by atoms with Crippen LogP contribution in [0.15, 0.2) is 29.2 Å². The van der Waals surface area contributed by atoms with Gasteiger partial charge in [0.15, 0.2) is 0 Å². The lowest BCUT2D eigenvalue weighted by Gasteiger charge is -2.26. The standard InChI is InChI=1S/C17H26O3S/c1-17(2,12-13-18)20-14-8-10-16(11-9-14)21(19)15-6-4-3-5-7-15/h8-11,15,18H,3-7,12-13H2,1-2H3. The molecule has 0 aromatic heterocycles. The van der Waals surface area contributed by atoms with Gasteiger partial charge in [0.2, 0.25) is 0 Å². The van der Waals surface area contributed by atoms with Crippen molar-refractivity contribution in [3.8, 4) is 5.75 Å². The van der Waals surface area contributed by atoms with Gasteiger partial charge in [0.05, 0.1) is 10.8 Å². The fraction of sp³-hybridized carbons (Fsp3) is 0.647. The summed E-state index contributed by atoms with van der Waals surface area (Å²) in [6, 6.07) is 7.59. The zero-order valence-electron chi connectivity index (χ0n) is 13.0. The summed E-state index contributed by atoms with van der Waals surface area (Å²) in [6.07, 6.45) is 6.42. The van der Waals surface area contributed by atoms with Crippen molar-refractivity contribution in [2.24, 2.45) is 0 Å². The summed E-state index contributed by atoms with van der Waals surface area (Å²) in [6.45, 7) is 4.02. The Labute approximate surface area is 130 Å². The van der Waals surface area contributed by atoms with Crippen LogP contribution in [0.5, 0.6) is 5.75 Å². The summed E-state index contributed by atoms with van der Waals surface area (Å²) < 4.78 is 18.4. The molecule has 1 atom stereocenters. The predicted molar refractivity (Wildman–Crippen MR) is 86.1 cm³/mol. The van der Waals surface area contributed by atoms with Gasteiger partial charge in [0, 0.05) is 23.2 Å². The predicted octanol–water partition coefficient (Wildman–Crippen LogP) is 3.67. The van der Waals surface area contributed by atoms with Crippen LogP contribution < -0.4 is 4.74 Å². The van der Waals surface area contributed by atoms with Crippen molar-refractivity contribution in [2.75, 3.05) is 6.61 Å². The van der Waals surface area contributed by atoms with Crippen LogP contribution in [0, 0.1) is 0 Å². The van der Waals surface area contributed by atoms with Gasteiger partial charge >= 0.3 is 0 Å². The average molecular weight is 310 g/mol. The van der Waals surface area contributed by atoms with Crippen molar-refractivity contribution >= 4 is 10.8 Å². The Hall–Kier alpha value is -0.870. The molecule has 1 aliphatic rings. The molecule has 4 heteroatoms. The third-order valence-electron chi connectivity index (χ3n) is 4.02. The van der Waals surface area contributed by atoms with Gasteiger partial charge < -0.3 is 9.84 Å². The highest BCUT2D eigenvalue weighted by Crippen LogP contribution is 2.27. The number of aliphatic hydroxyl groups excluding tert-OH is 1. The average Bonchev–Trinajstić information content (AvgIpc) is 2.48. The zero-order chi connectivity index (χ0) is 15.3. The van der Waals surface area contributed by atoms with E-state index >= 15 is 0 Å². The highest BCUT2D eigenvalue weighted by atomic mass is 32.2. The molecule has 0 radical (unpaired) electrons. The van der Waals surface area contributed by atoms with Gasteiger partial charge in [0.25, 0.3) is 0 Å². The second-order valence-corrected chi connectivity index (χ2v) is 8.10. The molecule has 1 aliphatic carbocycles. The van der Waals surface area contributed by atoms with Gasteiger partial charge in [-0.05, 0) is 51.0 Å². The van der Waals surface area contributed by atoms with Crippen LogP contribution in [0.3, 0.4) is 0 Å². The maximum Gasteiger partial charge on any atom is 0.120 e. The van der Waals surface area contributed by atoms with Gasteiger partial charge in [-0.2, -0.15) is 0 Å². The lowest BCUT2D eigenvalue weighted by Crippen LogP contribution is -2.29. The molecule has 1 saturated carbocycles. The van der Waals surface area contributed by atoms with Crippen molar-refractivity contribution < 1.29 is 14.1 Å². The number of rotatable bonds is 6. The Kier molecular flexibility index (Phi) is 5.82. The van der Waals surface area contributed by atoms with Crippen molar-refractivity contribution in [2.45, 2.75) is 68.1 Å². The minimum atomic E-state index is -0.900. The first kappa shape index (κ1) is 16.5. The van der Waals surface area contributed by atoms with E-state index in [0.29, 0.717) is 11.7 Å². The zero-order valence-corrected chi connectivity index (χ0v) is 13.8. The van der Waals surface area contributed by atoms with E-state index in [9.17, 15) is 4.21 Å². The van der Waals surface area contributed by atoms with E-state index in [4.69, 9.17) is 9.84 Å². The van der Waals surface area contributed by atoms with E-state index in [0.717, 1.165) is 23.5 Å². The van der Waals surface area contributed by atoms with Crippen LogP contribution in [-0.4, -0.2) is 26.8 Å². The molecule has 0 aliphatic heterocycles. The Morgan fingerprint density at radius 1 is 1.19 bits per heavy atom. The highest BCUT2D eigenvalue weighted by Gasteiger charge is 2.22. The van der Waals surface area contributed by atoms with Gasteiger partial charge in [-0.1, -0.05) is 19.3 Å². The smallest absolute Gasteiger partial charge is 0.120 e.